The molecule has 1 aliphatic rings. The Bertz CT molecular complexity index is 1150. The minimum absolute atomic E-state index is 0.208. The lowest BCUT2D eigenvalue weighted by Crippen LogP contribution is -2.13. The van der Waals surface area contributed by atoms with E-state index in [0.717, 1.165) is 51.0 Å². The van der Waals surface area contributed by atoms with Crippen LogP contribution in [0.4, 0.5) is 5.82 Å². The molecule has 0 saturated carbocycles. The average Bonchev–Trinajstić information content (AvgIpc) is 3.34. The fourth-order valence-electron chi connectivity index (χ4n) is 3.69. The molecule has 0 unspecified atom stereocenters. The van der Waals surface area contributed by atoms with Gasteiger partial charge in [0.05, 0.1) is 25.6 Å². The number of fused-ring (bicyclic) bond motifs is 1. The number of aryl methyl sites for hydroxylation is 2. The fourth-order valence-corrected chi connectivity index (χ4v) is 4.72. The van der Waals surface area contributed by atoms with Crippen molar-refractivity contribution < 1.29 is 14.3 Å². The van der Waals surface area contributed by atoms with Gasteiger partial charge in [-0.3, -0.25) is 4.79 Å². The highest BCUT2D eigenvalue weighted by Gasteiger charge is 2.24. The van der Waals surface area contributed by atoms with Crippen molar-refractivity contribution in [3.05, 3.63) is 70.4 Å². The van der Waals surface area contributed by atoms with Crippen LogP contribution in [0.1, 0.15) is 27.9 Å². The van der Waals surface area contributed by atoms with E-state index >= 15 is 0 Å². The molecule has 6 nitrogen and oxygen atoms in total. The number of hydrogen-bond donors (Lipinski definition) is 1. The number of hydrogen-bond acceptors (Lipinski definition) is 5. The van der Waals surface area contributed by atoms with Crippen molar-refractivity contribution in [2.45, 2.75) is 25.4 Å². The summed E-state index contributed by atoms with van der Waals surface area (Å²) in [5.74, 6) is 3.50. The van der Waals surface area contributed by atoms with Gasteiger partial charge in [-0.1, -0.05) is 12.1 Å². The number of nitrogens with one attached hydrogen (secondary N) is 1. The van der Waals surface area contributed by atoms with Gasteiger partial charge in [0, 0.05) is 23.1 Å². The Morgan fingerprint density at radius 1 is 1.06 bits per heavy atom. The largest absolute Gasteiger partial charge is 0.493 e. The van der Waals surface area contributed by atoms with Crippen molar-refractivity contribution in [2.24, 2.45) is 0 Å². The molecule has 2 heterocycles. The number of thioether (sulfide) groups is 1. The zero-order chi connectivity index (χ0) is 22.0. The van der Waals surface area contributed by atoms with E-state index in [-0.39, 0.29) is 5.91 Å². The standard InChI is InChI=1S/C24H25N3O3S/c1-15-9-16(2)11-18(10-15)27-24(19-13-31-14-20(19)26-27)25-23(28)8-6-17-5-7-21(29-3)22(12-17)30-4/h5-12H,13-14H2,1-4H3,(H,25,28)/b8-6+. The predicted molar refractivity (Wildman–Crippen MR) is 125 cm³/mol. The van der Waals surface area contributed by atoms with Crippen LogP contribution in [0.25, 0.3) is 11.8 Å². The molecule has 1 aromatic heterocycles. The van der Waals surface area contributed by atoms with Gasteiger partial charge in [0.2, 0.25) is 5.91 Å². The van der Waals surface area contributed by atoms with Crippen LogP contribution in [0.15, 0.2) is 42.5 Å². The summed E-state index contributed by atoms with van der Waals surface area (Å²) in [6.45, 7) is 4.13. The van der Waals surface area contributed by atoms with E-state index in [4.69, 9.17) is 14.6 Å². The van der Waals surface area contributed by atoms with Gasteiger partial charge >= 0.3 is 0 Å². The molecule has 0 bridgehead atoms. The van der Waals surface area contributed by atoms with E-state index in [9.17, 15) is 4.79 Å². The Morgan fingerprint density at radius 3 is 2.52 bits per heavy atom. The highest BCUT2D eigenvalue weighted by Crippen LogP contribution is 2.36. The van der Waals surface area contributed by atoms with Gasteiger partial charge in [-0.05, 0) is 60.9 Å². The number of benzene rings is 2. The second kappa shape index (κ2) is 8.89. The zero-order valence-electron chi connectivity index (χ0n) is 18.1. The first-order valence-electron chi connectivity index (χ1n) is 9.96. The average molecular weight is 436 g/mol. The fraction of sp³-hybridized carbons (Fsp3) is 0.250. The number of carbonyl (C=O) groups is 1. The van der Waals surface area contributed by atoms with Crippen molar-refractivity contribution in [2.75, 3.05) is 19.5 Å². The van der Waals surface area contributed by atoms with Crippen LogP contribution in [0, 0.1) is 13.8 Å². The van der Waals surface area contributed by atoms with Crippen molar-refractivity contribution >= 4 is 29.6 Å². The molecule has 0 fully saturated rings. The molecule has 1 amide bonds. The molecule has 3 aromatic rings. The van der Waals surface area contributed by atoms with Crippen LogP contribution >= 0.6 is 11.8 Å². The lowest BCUT2D eigenvalue weighted by Gasteiger charge is -2.11. The highest BCUT2D eigenvalue weighted by molar-refractivity contribution is 7.98. The first-order chi connectivity index (χ1) is 15.0. The Labute approximate surface area is 186 Å². The summed E-state index contributed by atoms with van der Waals surface area (Å²) >= 11 is 1.81. The van der Waals surface area contributed by atoms with Crippen LogP contribution in [0.3, 0.4) is 0 Å². The first kappa shape index (κ1) is 21.1. The third-order valence-corrected chi connectivity index (χ3v) is 6.05. The second-order valence-electron chi connectivity index (χ2n) is 7.46. The summed E-state index contributed by atoms with van der Waals surface area (Å²) in [6, 6.07) is 11.8. The number of amides is 1. The summed E-state index contributed by atoms with van der Waals surface area (Å²) in [4.78, 5) is 12.8. The topological polar surface area (TPSA) is 65.4 Å². The lowest BCUT2D eigenvalue weighted by atomic mass is 10.1. The molecule has 160 valence electrons. The number of carbonyl (C=O) groups excluding carboxylic acids is 1. The minimum Gasteiger partial charge on any atom is -0.493 e. The summed E-state index contributed by atoms with van der Waals surface area (Å²) in [5.41, 5.74) is 6.24. The maximum atomic E-state index is 12.8. The van der Waals surface area contributed by atoms with Crippen LogP contribution in [0.2, 0.25) is 0 Å². The first-order valence-corrected chi connectivity index (χ1v) is 11.1. The molecule has 0 radical (unpaired) electrons. The predicted octanol–water partition coefficient (Wildman–Crippen LogP) is 4.91. The van der Waals surface area contributed by atoms with E-state index in [1.54, 1.807) is 20.3 Å². The number of aromatic nitrogens is 2. The van der Waals surface area contributed by atoms with Crippen molar-refractivity contribution in [1.29, 1.82) is 0 Å². The van der Waals surface area contributed by atoms with Crippen molar-refractivity contribution in [3.8, 4) is 17.2 Å². The van der Waals surface area contributed by atoms with Gasteiger partial charge in [-0.15, -0.1) is 0 Å². The number of rotatable bonds is 6. The molecule has 0 saturated heterocycles. The van der Waals surface area contributed by atoms with Crippen molar-refractivity contribution in [1.82, 2.24) is 9.78 Å². The maximum absolute atomic E-state index is 12.8. The van der Waals surface area contributed by atoms with Gasteiger partial charge in [0.25, 0.3) is 0 Å². The molecule has 2 aromatic carbocycles. The zero-order valence-corrected chi connectivity index (χ0v) is 18.9. The van der Waals surface area contributed by atoms with Crippen LogP contribution in [-0.4, -0.2) is 29.9 Å². The third kappa shape index (κ3) is 4.46. The Kier molecular flexibility index (Phi) is 6.04. The Hall–Kier alpha value is -3.19. The monoisotopic (exact) mass is 435 g/mol. The molecule has 0 atom stereocenters. The van der Waals surface area contributed by atoms with Crippen LogP contribution in [-0.2, 0) is 16.3 Å². The van der Waals surface area contributed by atoms with Gasteiger partial charge < -0.3 is 14.8 Å². The molecule has 1 aliphatic heterocycles. The highest BCUT2D eigenvalue weighted by atomic mass is 32.2. The molecule has 0 aliphatic carbocycles. The minimum atomic E-state index is -0.208. The van der Waals surface area contributed by atoms with Gasteiger partial charge in [-0.25, -0.2) is 4.68 Å². The summed E-state index contributed by atoms with van der Waals surface area (Å²) < 4.78 is 12.4. The molecule has 1 N–H and O–H groups in total. The van der Waals surface area contributed by atoms with Crippen molar-refractivity contribution in [3.63, 3.8) is 0 Å². The van der Waals surface area contributed by atoms with E-state index in [1.807, 2.05) is 34.6 Å². The van der Waals surface area contributed by atoms with Crippen LogP contribution in [0.5, 0.6) is 11.5 Å². The van der Waals surface area contributed by atoms with E-state index in [1.165, 1.54) is 6.08 Å². The number of methoxy groups -OCH3 is 2. The molecule has 7 heteroatoms. The molecular weight excluding hydrogens is 410 g/mol. The van der Waals surface area contributed by atoms with Gasteiger partial charge in [0.1, 0.15) is 5.82 Å². The summed E-state index contributed by atoms with van der Waals surface area (Å²) in [7, 11) is 3.18. The van der Waals surface area contributed by atoms with E-state index < -0.39 is 0 Å². The SMILES string of the molecule is COc1ccc(/C=C/C(=O)Nc2c3c(nn2-c2cc(C)cc(C)c2)CSC3)cc1OC. The molecule has 31 heavy (non-hydrogen) atoms. The smallest absolute Gasteiger partial charge is 0.249 e. The third-order valence-electron chi connectivity index (χ3n) is 5.08. The van der Waals surface area contributed by atoms with Gasteiger partial charge in [-0.2, -0.15) is 16.9 Å². The molecule has 0 spiro atoms. The normalized spacial score (nSPS) is 12.8. The van der Waals surface area contributed by atoms with Gasteiger partial charge in [0.15, 0.2) is 11.5 Å². The lowest BCUT2D eigenvalue weighted by molar-refractivity contribution is -0.111. The Morgan fingerprint density at radius 2 is 1.81 bits per heavy atom. The summed E-state index contributed by atoms with van der Waals surface area (Å²) in [5, 5.41) is 7.84. The van der Waals surface area contributed by atoms with E-state index in [0.29, 0.717) is 11.5 Å². The number of nitrogens with zero attached hydrogens (tertiary/aromatic N) is 2. The Balaban J connectivity index is 1.61. The molecule has 4 rings (SSSR count). The van der Waals surface area contributed by atoms with Crippen LogP contribution < -0.4 is 14.8 Å². The quantitative estimate of drug-likeness (QED) is 0.558. The number of anilines is 1. The summed E-state index contributed by atoms with van der Waals surface area (Å²) in [6.07, 6.45) is 3.28. The maximum Gasteiger partial charge on any atom is 0.249 e. The molecular formula is C24H25N3O3S. The second-order valence-corrected chi connectivity index (χ2v) is 8.45. The number of ether oxygens (including phenoxy) is 2. The van der Waals surface area contributed by atoms with E-state index in [2.05, 4.69) is 37.4 Å².